The number of nitrogens with zero attached hydrogens (tertiary/aromatic N) is 1. The van der Waals surface area contributed by atoms with E-state index in [0.717, 1.165) is 32.0 Å². The number of nitrogens with two attached hydrogens (primary N) is 1. The van der Waals surface area contributed by atoms with Crippen molar-refractivity contribution in [1.29, 1.82) is 0 Å². The van der Waals surface area contributed by atoms with Gasteiger partial charge in [-0.15, -0.1) is 0 Å². The Bertz CT molecular complexity index is 417. The molecule has 1 saturated heterocycles. The van der Waals surface area contributed by atoms with Gasteiger partial charge >= 0.3 is 0 Å². The fourth-order valence-electron chi connectivity index (χ4n) is 2.64. The standard InChI is InChI=1S/C16H26N2O/c1-12-4-5-13(2)16(10-12)19-9-8-18-7-6-15(11-18)14(3)17/h4-5,10,14-15H,6-9,11,17H2,1-3H3. The summed E-state index contributed by atoms with van der Waals surface area (Å²) in [6.07, 6.45) is 1.22. The fraction of sp³-hybridized carbons (Fsp3) is 0.625. The second kappa shape index (κ2) is 6.40. The van der Waals surface area contributed by atoms with E-state index in [9.17, 15) is 0 Å². The van der Waals surface area contributed by atoms with Crippen LogP contribution in [0.1, 0.15) is 24.5 Å². The molecule has 0 aromatic heterocycles. The summed E-state index contributed by atoms with van der Waals surface area (Å²) in [5.74, 6) is 1.67. The van der Waals surface area contributed by atoms with Gasteiger partial charge in [-0.05, 0) is 56.8 Å². The van der Waals surface area contributed by atoms with Gasteiger partial charge in [-0.1, -0.05) is 12.1 Å². The van der Waals surface area contributed by atoms with Gasteiger partial charge in [-0.2, -0.15) is 0 Å². The van der Waals surface area contributed by atoms with E-state index in [1.165, 1.54) is 17.5 Å². The molecule has 106 valence electrons. The van der Waals surface area contributed by atoms with Gasteiger partial charge in [0, 0.05) is 19.1 Å². The van der Waals surface area contributed by atoms with E-state index in [1.807, 2.05) is 0 Å². The molecule has 19 heavy (non-hydrogen) atoms. The van der Waals surface area contributed by atoms with E-state index < -0.39 is 0 Å². The summed E-state index contributed by atoms with van der Waals surface area (Å²) in [6, 6.07) is 6.66. The molecule has 3 nitrogen and oxygen atoms in total. The van der Waals surface area contributed by atoms with Crippen LogP contribution in [0.5, 0.6) is 5.75 Å². The first-order chi connectivity index (χ1) is 9.06. The highest BCUT2D eigenvalue weighted by Crippen LogP contribution is 2.20. The van der Waals surface area contributed by atoms with Crippen LogP contribution in [-0.4, -0.2) is 37.2 Å². The van der Waals surface area contributed by atoms with Gasteiger partial charge in [0.05, 0.1) is 0 Å². The van der Waals surface area contributed by atoms with Crippen LogP contribution in [0.25, 0.3) is 0 Å². The molecule has 0 bridgehead atoms. The van der Waals surface area contributed by atoms with E-state index in [2.05, 4.69) is 43.9 Å². The lowest BCUT2D eigenvalue weighted by Gasteiger charge is -2.18. The van der Waals surface area contributed by atoms with E-state index in [1.54, 1.807) is 0 Å². The predicted molar refractivity (Wildman–Crippen MR) is 79.6 cm³/mol. The molecule has 1 aliphatic rings. The lowest BCUT2D eigenvalue weighted by molar-refractivity contribution is 0.230. The summed E-state index contributed by atoms with van der Waals surface area (Å²) in [5, 5.41) is 0. The zero-order valence-corrected chi connectivity index (χ0v) is 12.4. The Labute approximate surface area is 116 Å². The van der Waals surface area contributed by atoms with Crippen LogP contribution in [0.2, 0.25) is 0 Å². The second-order valence-electron chi connectivity index (χ2n) is 5.83. The molecule has 2 N–H and O–H groups in total. The highest BCUT2D eigenvalue weighted by Gasteiger charge is 2.24. The second-order valence-corrected chi connectivity index (χ2v) is 5.83. The van der Waals surface area contributed by atoms with Gasteiger partial charge in [0.25, 0.3) is 0 Å². The number of hydrogen-bond donors (Lipinski definition) is 1. The number of benzene rings is 1. The number of hydrogen-bond acceptors (Lipinski definition) is 3. The molecule has 1 aromatic carbocycles. The van der Waals surface area contributed by atoms with Crippen molar-refractivity contribution >= 4 is 0 Å². The molecule has 0 aliphatic carbocycles. The topological polar surface area (TPSA) is 38.5 Å². The molecule has 2 unspecified atom stereocenters. The highest BCUT2D eigenvalue weighted by atomic mass is 16.5. The quantitative estimate of drug-likeness (QED) is 0.885. The van der Waals surface area contributed by atoms with Crippen LogP contribution in [-0.2, 0) is 0 Å². The molecule has 1 aliphatic heterocycles. The van der Waals surface area contributed by atoms with Crippen LogP contribution in [0.3, 0.4) is 0 Å². The summed E-state index contributed by atoms with van der Waals surface area (Å²) < 4.78 is 5.90. The molecule has 0 amide bonds. The molecule has 2 rings (SSSR count). The van der Waals surface area contributed by atoms with Crippen LogP contribution in [0, 0.1) is 19.8 Å². The minimum atomic E-state index is 0.310. The van der Waals surface area contributed by atoms with Gasteiger partial charge in [-0.3, -0.25) is 4.90 Å². The van der Waals surface area contributed by atoms with Crippen molar-refractivity contribution in [2.45, 2.75) is 33.2 Å². The Balaban J connectivity index is 1.77. The third-order valence-corrected chi connectivity index (χ3v) is 4.06. The maximum absolute atomic E-state index is 5.96. The van der Waals surface area contributed by atoms with Gasteiger partial charge in [0.1, 0.15) is 12.4 Å². The van der Waals surface area contributed by atoms with Gasteiger partial charge in [-0.25, -0.2) is 0 Å². The molecule has 3 heteroatoms. The zero-order valence-electron chi connectivity index (χ0n) is 12.4. The fourth-order valence-corrected chi connectivity index (χ4v) is 2.64. The molecule has 1 heterocycles. The third kappa shape index (κ3) is 3.95. The van der Waals surface area contributed by atoms with Crippen molar-refractivity contribution < 1.29 is 4.74 Å². The maximum Gasteiger partial charge on any atom is 0.122 e. The number of likely N-dealkylation sites (tertiary alicyclic amines) is 1. The SMILES string of the molecule is Cc1ccc(C)c(OCCN2CCC(C(C)N)C2)c1. The number of ether oxygens (including phenoxy) is 1. The Morgan fingerprint density at radius 3 is 2.89 bits per heavy atom. The molecule has 1 aromatic rings. The van der Waals surface area contributed by atoms with E-state index in [4.69, 9.17) is 10.5 Å². The first kappa shape index (κ1) is 14.4. The average molecular weight is 262 g/mol. The predicted octanol–water partition coefficient (Wildman–Crippen LogP) is 2.35. The maximum atomic E-state index is 5.96. The van der Waals surface area contributed by atoms with Crippen LogP contribution in [0.4, 0.5) is 0 Å². The van der Waals surface area contributed by atoms with Crippen LogP contribution >= 0.6 is 0 Å². The molecule has 2 atom stereocenters. The molecule has 1 fully saturated rings. The smallest absolute Gasteiger partial charge is 0.122 e. The molecular weight excluding hydrogens is 236 g/mol. The van der Waals surface area contributed by atoms with Gasteiger partial charge < -0.3 is 10.5 Å². The van der Waals surface area contributed by atoms with E-state index in [-0.39, 0.29) is 0 Å². The summed E-state index contributed by atoms with van der Waals surface area (Å²) in [5.41, 5.74) is 8.42. The van der Waals surface area contributed by atoms with Crippen molar-refractivity contribution in [2.24, 2.45) is 11.7 Å². The Kier molecular flexibility index (Phi) is 4.83. The first-order valence-corrected chi connectivity index (χ1v) is 7.24. The summed E-state index contributed by atoms with van der Waals surface area (Å²) in [6.45, 7) is 10.3. The summed E-state index contributed by atoms with van der Waals surface area (Å²) >= 11 is 0. The van der Waals surface area contributed by atoms with Crippen LogP contribution < -0.4 is 10.5 Å². The monoisotopic (exact) mass is 262 g/mol. The molecule has 0 radical (unpaired) electrons. The highest BCUT2D eigenvalue weighted by molar-refractivity contribution is 5.35. The summed E-state index contributed by atoms with van der Waals surface area (Å²) in [4.78, 5) is 2.46. The molecular formula is C16H26N2O. The first-order valence-electron chi connectivity index (χ1n) is 7.24. The Morgan fingerprint density at radius 2 is 2.21 bits per heavy atom. The van der Waals surface area contributed by atoms with Crippen molar-refractivity contribution in [2.75, 3.05) is 26.2 Å². The van der Waals surface area contributed by atoms with E-state index >= 15 is 0 Å². The average Bonchev–Trinajstić information content (AvgIpc) is 2.82. The van der Waals surface area contributed by atoms with Gasteiger partial charge in [0.2, 0.25) is 0 Å². The lowest BCUT2D eigenvalue weighted by atomic mass is 10.0. The van der Waals surface area contributed by atoms with Crippen molar-refractivity contribution in [1.82, 2.24) is 4.90 Å². The number of aryl methyl sites for hydroxylation is 2. The van der Waals surface area contributed by atoms with Crippen molar-refractivity contribution in [3.05, 3.63) is 29.3 Å². The largest absolute Gasteiger partial charge is 0.492 e. The molecule has 0 saturated carbocycles. The summed E-state index contributed by atoms with van der Waals surface area (Å²) in [7, 11) is 0. The third-order valence-electron chi connectivity index (χ3n) is 4.06. The Morgan fingerprint density at radius 1 is 1.42 bits per heavy atom. The molecule has 0 spiro atoms. The van der Waals surface area contributed by atoms with Crippen LogP contribution in [0.15, 0.2) is 18.2 Å². The van der Waals surface area contributed by atoms with Crippen molar-refractivity contribution in [3.63, 3.8) is 0 Å². The minimum Gasteiger partial charge on any atom is -0.492 e. The zero-order chi connectivity index (χ0) is 13.8. The Hall–Kier alpha value is -1.06. The minimum absolute atomic E-state index is 0.310. The van der Waals surface area contributed by atoms with Gasteiger partial charge in [0.15, 0.2) is 0 Å². The van der Waals surface area contributed by atoms with Crippen molar-refractivity contribution in [3.8, 4) is 5.75 Å². The normalized spacial score (nSPS) is 21.6. The lowest BCUT2D eigenvalue weighted by Crippen LogP contribution is -2.31. The number of rotatable bonds is 5. The van der Waals surface area contributed by atoms with E-state index in [0.29, 0.717) is 12.0 Å².